The fourth-order valence-corrected chi connectivity index (χ4v) is 3.90. The van der Waals surface area contributed by atoms with Crippen LogP contribution in [0.4, 0.5) is 0 Å². The number of hydrogen-bond acceptors (Lipinski definition) is 2. The first-order chi connectivity index (χ1) is 9.19. The van der Waals surface area contributed by atoms with E-state index in [1.54, 1.807) is 0 Å². The molecule has 1 saturated carbocycles. The van der Waals surface area contributed by atoms with Crippen molar-refractivity contribution in [3.8, 4) is 0 Å². The lowest BCUT2D eigenvalue weighted by Crippen LogP contribution is -2.53. The lowest BCUT2D eigenvalue weighted by atomic mass is 9.81. The van der Waals surface area contributed by atoms with Crippen molar-refractivity contribution < 1.29 is 0 Å². The molecule has 2 aliphatic rings. The molecule has 1 heterocycles. The zero-order valence-corrected chi connectivity index (χ0v) is 13.3. The van der Waals surface area contributed by atoms with E-state index in [2.05, 4.69) is 31.0 Å². The summed E-state index contributed by atoms with van der Waals surface area (Å²) in [6.45, 7) is 12.2. The second kappa shape index (κ2) is 7.64. The van der Waals surface area contributed by atoms with Gasteiger partial charge in [0.25, 0.3) is 0 Å². The van der Waals surface area contributed by atoms with Gasteiger partial charge in [0.1, 0.15) is 0 Å². The van der Waals surface area contributed by atoms with Gasteiger partial charge in [0.15, 0.2) is 0 Å². The van der Waals surface area contributed by atoms with E-state index in [1.807, 2.05) is 0 Å². The Morgan fingerprint density at radius 1 is 1.32 bits per heavy atom. The number of rotatable bonds is 5. The maximum absolute atomic E-state index is 3.70. The molecular formula is C17H34N2. The molecule has 1 saturated heterocycles. The predicted molar refractivity (Wildman–Crippen MR) is 83.4 cm³/mol. The molecular weight excluding hydrogens is 232 g/mol. The normalized spacial score (nSPS) is 35.2. The van der Waals surface area contributed by atoms with Crippen LogP contribution in [0.2, 0.25) is 0 Å². The van der Waals surface area contributed by atoms with Gasteiger partial charge in [-0.25, -0.2) is 0 Å². The van der Waals surface area contributed by atoms with Gasteiger partial charge >= 0.3 is 0 Å². The minimum absolute atomic E-state index is 0.726. The molecule has 0 bridgehead atoms. The van der Waals surface area contributed by atoms with Crippen LogP contribution in [0.5, 0.6) is 0 Å². The monoisotopic (exact) mass is 266 g/mol. The van der Waals surface area contributed by atoms with Crippen LogP contribution in [-0.2, 0) is 0 Å². The first-order valence-electron chi connectivity index (χ1n) is 8.64. The molecule has 0 aromatic heterocycles. The Kier molecular flexibility index (Phi) is 6.15. The van der Waals surface area contributed by atoms with E-state index in [9.17, 15) is 0 Å². The van der Waals surface area contributed by atoms with Crippen molar-refractivity contribution in [2.45, 2.75) is 65.3 Å². The topological polar surface area (TPSA) is 15.3 Å². The standard InChI is InChI=1S/C17H34N2/c1-4-15(3)17-13-19(11-9-18-17)10-8-16-7-5-6-14(2)12-16/h14-18H,4-13H2,1-3H3. The van der Waals surface area contributed by atoms with Gasteiger partial charge < -0.3 is 10.2 Å². The van der Waals surface area contributed by atoms with Crippen molar-refractivity contribution in [1.82, 2.24) is 10.2 Å². The SMILES string of the molecule is CCC(C)C1CN(CCC2CCCC(C)C2)CCN1. The van der Waals surface area contributed by atoms with E-state index < -0.39 is 0 Å². The largest absolute Gasteiger partial charge is 0.311 e. The molecule has 1 aliphatic carbocycles. The molecule has 19 heavy (non-hydrogen) atoms. The van der Waals surface area contributed by atoms with Crippen molar-refractivity contribution in [2.24, 2.45) is 17.8 Å². The molecule has 0 amide bonds. The summed E-state index contributed by atoms with van der Waals surface area (Å²) in [5.74, 6) is 2.81. The van der Waals surface area contributed by atoms with Crippen molar-refractivity contribution in [3.63, 3.8) is 0 Å². The smallest absolute Gasteiger partial charge is 0.0221 e. The van der Waals surface area contributed by atoms with Gasteiger partial charge in [-0.1, -0.05) is 46.5 Å². The van der Waals surface area contributed by atoms with E-state index in [0.29, 0.717) is 0 Å². The van der Waals surface area contributed by atoms with Crippen LogP contribution >= 0.6 is 0 Å². The maximum atomic E-state index is 3.70. The highest BCUT2D eigenvalue weighted by Gasteiger charge is 2.24. The van der Waals surface area contributed by atoms with Gasteiger partial charge in [0.2, 0.25) is 0 Å². The van der Waals surface area contributed by atoms with Crippen molar-refractivity contribution >= 4 is 0 Å². The highest BCUT2D eigenvalue weighted by Crippen LogP contribution is 2.30. The molecule has 0 aromatic rings. The Hall–Kier alpha value is -0.0800. The second-order valence-corrected chi connectivity index (χ2v) is 7.17. The van der Waals surface area contributed by atoms with Crippen LogP contribution in [-0.4, -0.2) is 37.1 Å². The number of nitrogens with zero attached hydrogens (tertiary/aromatic N) is 1. The molecule has 2 heteroatoms. The van der Waals surface area contributed by atoms with Crippen LogP contribution in [0.1, 0.15) is 59.3 Å². The Balaban J connectivity index is 1.70. The van der Waals surface area contributed by atoms with Crippen LogP contribution in [0.3, 0.4) is 0 Å². The number of hydrogen-bond donors (Lipinski definition) is 1. The number of nitrogens with one attached hydrogen (secondary N) is 1. The lowest BCUT2D eigenvalue weighted by Gasteiger charge is -2.37. The number of piperazine rings is 1. The summed E-state index contributed by atoms with van der Waals surface area (Å²) < 4.78 is 0. The van der Waals surface area contributed by atoms with Crippen LogP contribution in [0.25, 0.3) is 0 Å². The van der Waals surface area contributed by atoms with Gasteiger partial charge in [-0.3, -0.25) is 0 Å². The minimum Gasteiger partial charge on any atom is -0.311 e. The average Bonchev–Trinajstić information content (AvgIpc) is 2.45. The summed E-state index contributed by atoms with van der Waals surface area (Å²) in [4.78, 5) is 2.71. The summed E-state index contributed by atoms with van der Waals surface area (Å²) in [5, 5.41) is 3.70. The van der Waals surface area contributed by atoms with Crippen molar-refractivity contribution in [3.05, 3.63) is 0 Å². The van der Waals surface area contributed by atoms with Crippen LogP contribution in [0, 0.1) is 17.8 Å². The molecule has 112 valence electrons. The van der Waals surface area contributed by atoms with Gasteiger partial charge in [-0.2, -0.15) is 0 Å². The zero-order chi connectivity index (χ0) is 13.7. The quantitative estimate of drug-likeness (QED) is 0.819. The fraction of sp³-hybridized carbons (Fsp3) is 1.00. The Bertz CT molecular complexity index is 254. The average molecular weight is 266 g/mol. The highest BCUT2D eigenvalue weighted by molar-refractivity contribution is 4.82. The third-order valence-electron chi connectivity index (χ3n) is 5.52. The summed E-state index contributed by atoms with van der Waals surface area (Å²) in [6.07, 6.45) is 8.67. The zero-order valence-electron chi connectivity index (χ0n) is 13.3. The van der Waals surface area contributed by atoms with Crippen LogP contribution < -0.4 is 5.32 Å². The fourth-order valence-electron chi connectivity index (χ4n) is 3.90. The molecule has 0 radical (unpaired) electrons. The Morgan fingerprint density at radius 3 is 2.89 bits per heavy atom. The van der Waals surface area contributed by atoms with E-state index >= 15 is 0 Å². The van der Waals surface area contributed by atoms with Gasteiger partial charge in [-0.15, -0.1) is 0 Å². The maximum Gasteiger partial charge on any atom is 0.0221 e. The molecule has 1 aliphatic heterocycles. The molecule has 0 spiro atoms. The van der Waals surface area contributed by atoms with E-state index in [-0.39, 0.29) is 0 Å². The van der Waals surface area contributed by atoms with Crippen LogP contribution in [0.15, 0.2) is 0 Å². The first kappa shape index (κ1) is 15.3. The third kappa shape index (κ3) is 4.75. The predicted octanol–water partition coefficient (Wildman–Crippen LogP) is 3.52. The molecule has 2 rings (SSSR count). The van der Waals surface area contributed by atoms with E-state index in [1.165, 1.54) is 64.7 Å². The molecule has 0 aromatic carbocycles. The summed E-state index contributed by atoms with van der Waals surface area (Å²) >= 11 is 0. The van der Waals surface area contributed by atoms with E-state index in [4.69, 9.17) is 0 Å². The van der Waals surface area contributed by atoms with Gasteiger partial charge in [0.05, 0.1) is 0 Å². The Morgan fingerprint density at radius 2 is 2.16 bits per heavy atom. The molecule has 2 nitrogen and oxygen atoms in total. The van der Waals surface area contributed by atoms with Gasteiger partial charge in [0, 0.05) is 25.7 Å². The highest BCUT2D eigenvalue weighted by atomic mass is 15.2. The summed E-state index contributed by atoms with van der Waals surface area (Å²) in [6, 6.07) is 0.726. The molecule has 1 N–H and O–H groups in total. The van der Waals surface area contributed by atoms with E-state index in [0.717, 1.165) is 23.8 Å². The molecule has 4 atom stereocenters. The summed E-state index contributed by atoms with van der Waals surface area (Å²) in [7, 11) is 0. The summed E-state index contributed by atoms with van der Waals surface area (Å²) in [5.41, 5.74) is 0. The van der Waals surface area contributed by atoms with Crippen molar-refractivity contribution in [1.29, 1.82) is 0 Å². The van der Waals surface area contributed by atoms with Gasteiger partial charge in [-0.05, 0) is 37.1 Å². The molecule has 4 unspecified atom stereocenters. The lowest BCUT2D eigenvalue weighted by molar-refractivity contribution is 0.150. The first-order valence-corrected chi connectivity index (χ1v) is 8.64. The van der Waals surface area contributed by atoms with Crippen molar-refractivity contribution in [2.75, 3.05) is 26.2 Å². The minimum atomic E-state index is 0.726. The Labute approximate surface area is 120 Å². The molecule has 2 fully saturated rings. The second-order valence-electron chi connectivity index (χ2n) is 7.17. The third-order valence-corrected chi connectivity index (χ3v) is 5.52.